The van der Waals surface area contributed by atoms with Crippen LogP contribution in [0.1, 0.15) is 5.56 Å². The molecule has 15 heavy (non-hydrogen) atoms. The highest BCUT2D eigenvalue weighted by Gasteiger charge is 2.09. The van der Waals surface area contributed by atoms with Gasteiger partial charge in [0.05, 0.1) is 9.99 Å². The van der Waals surface area contributed by atoms with Crippen LogP contribution < -0.4 is 5.73 Å². The lowest BCUT2D eigenvalue weighted by atomic mass is 10.1. The number of hydrogen-bond acceptors (Lipinski definition) is 1. The molecule has 0 aliphatic carbocycles. The van der Waals surface area contributed by atoms with Crippen molar-refractivity contribution in [3.63, 3.8) is 0 Å². The maximum absolute atomic E-state index is 13.3. The van der Waals surface area contributed by atoms with Gasteiger partial charge < -0.3 is 10.3 Å². The van der Waals surface area contributed by atoms with E-state index in [1.54, 1.807) is 6.07 Å². The van der Waals surface area contributed by atoms with Gasteiger partial charge in [0.1, 0.15) is 5.82 Å². The first-order valence-corrected chi connectivity index (χ1v) is 5.56. The van der Waals surface area contributed by atoms with Gasteiger partial charge >= 0.3 is 0 Å². The molecule has 0 amide bonds. The molecule has 2 rings (SSSR count). The summed E-state index contributed by atoms with van der Waals surface area (Å²) in [6.45, 7) is 0.605. The van der Waals surface area contributed by atoms with Crippen LogP contribution in [0.3, 0.4) is 0 Å². The molecule has 1 aromatic carbocycles. The maximum Gasteiger partial charge on any atom is 0.139 e. The first kappa shape index (κ1) is 10.6. The summed E-state index contributed by atoms with van der Waals surface area (Å²) in [4.78, 5) is 0. The monoisotopic (exact) mass is 270 g/mol. The van der Waals surface area contributed by atoms with Crippen LogP contribution in [0.25, 0.3) is 10.9 Å². The number of nitrogens with two attached hydrogens (primary N) is 1. The lowest BCUT2D eigenvalue weighted by molar-refractivity contribution is 0.622. The lowest BCUT2D eigenvalue weighted by Gasteiger charge is -1.99. The van der Waals surface area contributed by atoms with Gasteiger partial charge in [0.2, 0.25) is 0 Å². The molecule has 0 aliphatic heterocycles. The first-order chi connectivity index (χ1) is 7.13. The second kappa shape index (κ2) is 3.94. The molecular weight excluding hydrogens is 259 g/mol. The zero-order valence-electron chi connectivity index (χ0n) is 8.43. The summed E-state index contributed by atoms with van der Waals surface area (Å²) >= 11 is 3.20. The Labute approximate surface area is 96.0 Å². The van der Waals surface area contributed by atoms with Gasteiger partial charge in [-0.15, -0.1) is 0 Å². The normalized spacial score (nSPS) is 11.2. The number of hydrogen-bond donors (Lipinski definition) is 1. The number of aromatic nitrogens is 1. The van der Waals surface area contributed by atoms with Gasteiger partial charge in [-0.05, 0) is 46.6 Å². The van der Waals surface area contributed by atoms with E-state index in [-0.39, 0.29) is 5.82 Å². The standard InChI is InChI=1S/C11H12BrFN2/c1-15-6-7(2-3-14)8-4-9(12)10(13)5-11(8)15/h4-6H,2-3,14H2,1H3. The minimum Gasteiger partial charge on any atom is -0.350 e. The highest BCUT2D eigenvalue weighted by Crippen LogP contribution is 2.27. The second-order valence-corrected chi connectivity index (χ2v) is 4.44. The lowest BCUT2D eigenvalue weighted by Crippen LogP contribution is -2.01. The average Bonchev–Trinajstić information content (AvgIpc) is 2.46. The minimum atomic E-state index is -0.233. The van der Waals surface area contributed by atoms with Crippen LogP contribution in [-0.2, 0) is 13.5 Å². The van der Waals surface area contributed by atoms with Gasteiger partial charge in [-0.3, -0.25) is 0 Å². The first-order valence-electron chi connectivity index (χ1n) is 4.76. The molecule has 0 radical (unpaired) electrons. The van der Waals surface area contributed by atoms with Crippen molar-refractivity contribution in [1.29, 1.82) is 0 Å². The molecule has 2 aromatic rings. The van der Waals surface area contributed by atoms with Crippen molar-refractivity contribution in [2.24, 2.45) is 12.8 Å². The molecule has 0 spiro atoms. The predicted molar refractivity (Wildman–Crippen MR) is 63.3 cm³/mol. The van der Waals surface area contributed by atoms with E-state index in [2.05, 4.69) is 15.9 Å². The molecular formula is C11H12BrFN2. The number of nitrogens with zero attached hydrogens (tertiary/aromatic N) is 1. The number of halogens is 2. The van der Waals surface area contributed by atoms with Gasteiger partial charge in [0, 0.05) is 18.6 Å². The molecule has 0 bridgehead atoms. The van der Waals surface area contributed by atoms with Crippen molar-refractivity contribution in [2.45, 2.75) is 6.42 Å². The zero-order chi connectivity index (χ0) is 11.0. The van der Waals surface area contributed by atoms with Crippen LogP contribution >= 0.6 is 15.9 Å². The Morgan fingerprint density at radius 3 is 2.87 bits per heavy atom. The minimum absolute atomic E-state index is 0.233. The molecule has 0 aliphatic rings. The predicted octanol–water partition coefficient (Wildman–Crippen LogP) is 2.58. The topological polar surface area (TPSA) is 30.9 Å². The Kier molecular flexibility index (Phi) is 2.80. The Morgan fingerprint density at radius 1 is 1.47 bits per heavy atom. The Morgan fingerprint density at radius 2 is 2.20 bits per heavy atom. The molecule has 0 fully saturated rings. The molecule has 2 N–H and O–H groups in total. The Balaban J connectivity index is 2.70. The number of aryl methyl sites for hydroxylation is 1. The summed E-state index contributed by atoms with van der Waals surface area (Å²) in [5.41, 5.74) is 7.60. The summed E-state index contributed by atoms with van der Waals surface area (Å²) in [5.74, 6) is -0.233. The number of benzene rings is 1. The Hall–Kier alpha value is -0.870. The third kappa shape index (κ3) is 1.79. The van der Waals surface area contributed by atoms with Gasteiger partial charge in [0.25, 0.3) is 0 Å². The molecule has 0 saturated heterocycles. The van der Waals surface area contributed by atoms with Gasteiger partial charge in [0.15, 0.2) is 0 Å². The van der Waals surface area contributed by atoms with Crippen molar-refractivity contribution in [3.8, 4) is 0 Å². The third-order valence-corrected chi connectivity index (χ3v) is 3.14. The largest absolute Gasteiger partial charge is 0.350 e. The molecule has 0 saturated carbocycles. The molecule has 80 valence electrons. The SMILES string of the molecule is Cn1cc(CCN)c2cc(Br)c(F)cc21. The van der Waals surface area contributed by atoms with Crippen molar-refractivity contribution in [3.05, 3.63) is 34.2 Å². The highest BCUT2D eigenvalue weighted by atomic mass is 79.9. The van der Waals surface area contributed by atoms with Crippen LogP contribution in [0.15, 0.2) is 22.8 Å². The van der Waals surface area contributed by atoms with E-state index in [1.165, 1.54) is 0 Å². The van der Waals surface area contributed by atoms with Crippen molar-refractivity contribution >= 4 is 26.8 Å². The second-order valence-electron chi connectivity index (χ2n) is 3.59. The van der Waals surface area contributed by atoms with E-state index in [1.807, 2.05) is 23.9 Å². The molecule has 0 unspecified atom stereocenters. The van der Waals surface area contributed by atoms with Crippen molar-refractivity contribution in [1.82, 2.24) is 4.57 Å². The van der Waals surface area contributed by atoms with Crippen LogP contribution in [0.4, 0.5) is 4.39 Å². The van der Waals surface area contributed by atoms with Crippen LogP contribution in [-0.4, -0.2) is 11.1 Å². The van der Waals surface area contributed by atoms with E-state index >= 15 is 0 Å². The summed E-state index contributed by atoms with van der Waals surface area (Å²) in [7, 11) is 1.91. The number of rotatable bonds is 2. The molecule has 1 aromatic heterocycles. The van der Waals surface area contributed by atoms with Crippen LogP contribution in [0, 0.1) is 5.82 Å². The Bertz CT molecular complexity index is 505. The van der Waals surface area contributed by atoms with E-state index in [0.717, 1.165) is 22.9 Å². The highest BCUT2D eigenvalue weighted by molar-refractivity contribution is 9.10. The van der Waals surface area contributed by atoms with Gasteiger partial charge in [-0.2, -0.15) is 0 Å². The summed E-state index contributed by atoms with van der Waals surface area (Å²) in [6.07, 6.45) is 2.82. The van der Waals surface area contributed by atoms with Crippen molar-refractivity contribution < 1.29 is 4.39 Å². The summed E-state index contributed by atoms with van der Waals surface area (Å²) in [5, 5.41) is 1.07. The van der Waals surface area contributed by atoms with Crippen molar-refractivity contribution in [2.75, 3.05) is 6.54 Å². The number of fused-ring (bicyclic) bond motifs is 1. The van der Waals surface area contributed by atoms with E-state index < -0.39 is 0 Å². The van der Waals surface area contributed by atoms with Crippen LogP contribution in [0.5, 0.6) is 0 Å². The fourth-order valence-electron chi connectivity index (χ4n) is 1.81. The van der Waals surface area contributed by atoms with E-state index in [4.69, 9.17) is 5.73 Å². The summed E-state index contributed by atoms with van der Waals surface area (Å²) < 4.78 is 15.8. The van der Waals surface area contributed by atoms with E-state index in [9.17, 15) is 4.39 Å². The average molecular weight is 271 g/mol. The zero-order valence-corrected chi connectivity index (χ0v) is 10.0. The fraction of sp³-hybridized carbons (Fsp3) is 0.273. The van der Waals surface area contributed by atoms with Gasteiger partial charge in [-0.1, -0.05) is 0 Å². The summed E-state index contributed by atoms with van der Waals surface area (Å²) in [6, 6.07) is 3.36. The van der Waals surface area contributed by atoms with E-state index in [0.29, 0.717) is 11.0 Å². The smallest absolute Gasteiger partial charge is 0.139 e. The molecule has 2 nitrogen and oxygen atoms in total. The maximum atomic E-state index is 13.3. The quantitative estimate of drug-likeness (QED) is 0.894. The third-order valence-electron chi connectivity index (χ3n) is 2.53. The molecule has 0 atom stereocenters. The fourth-order valence-corrected chi connectivity index (χ4v) is 2.16. The van der Waals surface area contributed by atoms with Crippen LogP contribution in [0.2, 0.25) is 0 Å². The molecule has 1 heterocycles. The molecule has 4 heteroatoms. The van der Waals surface area contributed by atoms with Gasteiger partial charge in [-0.25, -0.2) is 4.39 Å².